The molecule has 0 radical (unpaired) electrons. The third kappa shape index (κ3) is 3.53. The first-order valence-corrected chi connectivity index (χ1v) is 8.00. The van der Waals surface area contributed by atoms with Crippen LogP contribution in [0.4, 0.5) is 0 Å². The average molecular weight is 317 g/mol. The Morgan fingerprint density at radius 3 is 2.95 bits per heavy atom. The van der Waals surface area contributed by atoms with Crippen molar-refractivity contribution >= 4 is 17.5 Å². The Balaban J connectivity index is 1.71. The first-order valence-electron chi connectivity index (χ1n) is 7.62. The summed E-state index contributed by atoms with van der Waals surface area (Å²) in [5.41, 5.74) is 2.41. The molecule has 1 unspecified atom stereocenters. The number of nitrogens with zero attached hydrogens (tertiary/aromatic N) is 1. The Kier molecular flexibility index (Phi) is 4.25. The zero-order chi connectivity index (χ0) is 15.6. The summed E-state index contributed by atoms with van der Waals surface area (Å²) in [6.07, 6.45) is 8.04. The maximum atomic E-state index is 6.05. The fraction of sp³-hybridized carbons (Fsp3) is 0.389. The minimum Gasteiger partial charge on any atom is -0.477 e. The predicted molar refractivity (Wildman–Crippen MR) is 91.4 cm³/mol. The fourth-order valence-electron chi connectivity index (χ4n) is 2.73. The van der Waals surface area contributed by atoms with Crippen molar-refractivity contribution in [3.63, 3.8) is 0 Å². The number of aliphatic imine (C=N–C) groups is 1. The number of aryl methyl sites for hydroxylation is 1. The Morgan fingerprint density at radius 1 is 1.36 bits per heavy atom. The van der Waals surface area contributed by atoms with E-state index < -0.39 is 0 Å². The van der Waals surface area contributed by atoms with Gasteiger partial charge in [0.15, 0.2) is 0 Å². The summed E-state index contributed by atoms with van der Waals surface area (Å²) in [7, 11) is 0. The number of benzene rings is 1. The highest BCUT2D eigenvalue weighted by Gasteiger charge is 2.32. The van der Waals surface area contributed by atoms with Crippen molar-refractivity contribution in [2.75, 3.05) is 6.61 Å². The second kappa shape index (κ2) is 6.17. The summed E-state index contributed by atoms with van der Waals surface area (Å²) in [5, 5.41) is 4.15. The molecule has 0 aliphatic carbocycles. The molecule has 0 saturated carbocycles. The van der Waals surface area contributed by atoms with E-state index in [0.717, 1.165) is 23.8 Å². The Hall–Kier alpha value is -1.74. The molecule has 116 valence electrons. The number of dihydropyridines is 1. The van der Waals surface area contributed by atoms with E-state index >= 15 is 0 Å². The van der Waals surface area contributed by atoms with E-state index in [1.54, 1.807) is 0 Å². The minimum absolute atomic E-state index is 0.0472. The van der Waals surface area contributed by atoms with E-state index in [1.807, 2.05) is 30.5 Å². The lowest BCUT2D eigenvalue weighted by Gasteiger charge is -2.23. The SMILES string of the molecule is CC1(C)COC(C2NC=CC=C2CCc2cccc(Cl)c2)=N1. The molecule has 1 aromatic rings. The predicted octanol–water partition coefficient (Wildman–Crippen LogP) is 3.89. The van der Waals surface area contributed by atoms with Gasteiger partial charge in [0.1, 0.15) is 12.6 Å². The molecule has 0 aromatic heterocycles. The normalized spacial score (nSPS) is 22.6. The lowest BCUT2D eigenvalue weighted by Crippen LogP contribution is -2.37. The molecule has 2 aliphatic heterocycles. The molecule has 1 aromatic carbocycles. The van der Waals surface area contributed by atoms with Crippen LogP contribution in [-0.4, -0.2) is 24.1 Å². The highest BCUT2D eigenvalue weighted by Crippen LogP contribution is 2.24. The molecule has 2 heterocycles. The van der Waals surface area contributed by atoms with Gasteiger partial charge in [0.2, 0.25) is 5.90 Å². The van der Waals surface area contributed by atoms with Crippen molar-refractivity contribution in [1.82, 2.24) is 5.32 Å². The van der Waals surface area contributed by atoms with E-state index in [0.29, 0.717) is 6.61 Å². The smallest absolute Gasteiger partial charge is 0.211 e. The fourth-order valence-corrected chi connectivity index (χ4v) is 2.94. The van der Waals surface area contributed by atoms with Crippen LogP contribution in [0.2, 0.25) is 5.02 Å². The van der Waals surface area contributed by atoms with Crippen LogP contribution in [0, 0.1) is 0 Å². The van der Waals surface area contributed by atoms with Gasteiger partial charge >= 0.3 is 0 Å². The topological polar surface area (TPSA) is 33.6 Å². The van der Waals surface area contributed by atoms with E-state index in [9.17, 15) is 0 Å². The van der Waals surface area contributed by atoms with Gasteiger partial charge in [-0.25, -0.2) is 4.99 Å². The Morgan fingerprint density at radius 2 is 2.23 bits per heavy atom. The van der Waals surface area contributed by atoms with Crippen LogP contribution in [0.15, 0.2) is 53.2 Å². The van der Waals surface area contributed by atoms with Gasteiger partial charge in [-0.2, -0.15) is 0 Å². The summed E-state index contributed by atoms with van der Waals surface area (Å²) in [6, 6.07) is 8.08. The molecule has 0 spiro atoms. The van der Waals surface area contributed by atoms with Gasteiger partial charge in [-0.3, -0.25) is 0 Å². The van der Waals surface area contributed by atoms with Gasteiger partial charge in [0.05, 0.1) is 5.54 Å². The molecule has 0 fully saturated rings. The monoisotopic (exact) mass is 316 g/mol. The molecule has 22 heavy (non-hydrogen) atoms. The van der Waals surface area contributed by atoms with Crippen molar-refractivity contribution in [1.29, 1.82) is 0 Å². The number of hydrogen-bond donors (Lipinski definition) is 1. The van der Waals surface area contributed by atoms with Crippen molar-refractivity contribution in [3.8, 4) is 0 Å². The average Bonchev–Trinajstić information content (AvgIpc) is 2.86. The van der Waals surface area contributed by atoms with Crippen molar-refractivity contribution in [2.24, 2.45) is 4.99 Å². The summed E-state index contributed by atoms with van der Waals surface area (Å²) in [5.74, 6) is 0.798. The molecular weight excluding hydrogens is 296 g/mol. The van der Waals surface area contributed by atoms with Crippen LogP contribution in [0.25, 0.3) is 0 Å². The number of nitrogens with one attached hydrogen (secondary N) is 1. The first kappa shape index (κ1) is 15.2. The quantitative estimate of drug-likeness (QED) is 0.914. The van der Waals surface area contributed by atoms with Crippen molar-refractivity contribution < 1.29 is 4.74 Å². The van der Waals surface area contributed by atoms with Crippen molar-refractivity contribution in [3.05, 3.63) is 58.8 Å². The molecule has 2 aliphatic rings. The van der Waals surface area contributed by atoms with Crippen LogP contribution >= 0.6 is 11.6 Å². The summed E-state index contributed by atoms with van der Waals surface area (Å²) < 4.78 is 5.80. The molecule has 1 atom stereocenters. The highest BCUT2D eigenvalue weighted by molar-refractivity contribution is 6.30. The molecule has 1 N–H and O–H groups in total. The molecule has 0 bridgehead atoms. The van der Waals surface area contributed by atoms with Gasteiger partial charge in [-0.1, -0.05) is 29.8 Å². The molecule has 4 heteroatoms. The highest BCUT2D eigenvalue weighted by atomic mass is 35.5. The number of halogens is 1. The van der Waals surface area contributed by atoms with Gasteiger partial charge in [-0.15, -0.1) is 0 Å². The zero-order valence-corrected chi connectivity index (χ0v) is 13.7. The molecular formula is C18H21ClN2O. The molecule has 0 amide bonds. The van der Waals surface area contributed by atoms with Gasteiger partial charge in [-0.05, 0) is 62.2 Å². The first-order chi connectivity index (χ1) is 10.5. The number of ether oxygens (including phenoxy) is 1. The number of hydrogen-bond acceptors (Lipinski definition) is 3. The number of rotatable bonds is 4. The van der Waals surface area contributed by atoms with Gasteiger partial charge < -0.3 is 10.1 Å². The van der Waals surface area contributed by atoms with E-state index in [4.69, 9.17) is 21.3 Å². The summed E-state index contributed by atoms with van der Waals surface area (Å²) in [6.45, 7) is 4.83. The maximum absolute atomic E-state index is 6.05. The van der Waals surface area contributed by atoms with Crippen LogP contribution in [0.1, 0.15) is 25.8 Å². The molecule has 3 rings (SSSR count). The Labute approximate surface area is 136 Å². The Bertz CT molecular complexity index is 646. The second-order valence-electron chi connectivity index (χ2n) is 6.38. The lowest BCUT2D eigenvalue weighted by molar-refractivity contribution is 0.270. The largest absolute Gasteiger partial charge is 0.477 e. The van der Waals surface area contributed by atoms with Crippen molar-refractivity contribution in [2.45, 2.75) is 38.3 Å². The lowest BCUT2D eigenvalue weighted by atomic mass is 9.96. The summed E-state index contributed by atoms with van der Waals surface area (Å²) in [4.78, 5) is 4.70. The second-order valence-corrected chi connectivity index (χ2v) is 6.82. The van der Waals surface area contributed by atoms with Crippen LogP contribution < -0.4 is 5.32 Å². The van der Waals surface area contributed by atoms with Crippen LogP contribution in [0.3, 0.4) is 0 Å². The van der Waals surface area contributed by atoms with Crippen LogP contribution in [-0.2, 0) is 11.2 Å². The summed E-state index contributed by atoms with van der Waals surface area (Å²) >= 11 is 6.05. The number of allylic oxidation sites excluding steroid dienone is 2. The minimum atomic E-state index is -0.129. The van der Waals surface area contributed by atoms with Gasteiger partial charge in [0, 0.05) is 5.02 Å². The van der Waals surface area contributed by atoms with E-state index in [2.05, 4.69) is 31.3 Å². The third-order valence-corrected chi connectivity index (χ3v) is 4.10. The van der Waals surface area contributed by atoms with E-state index in [-0.39, 0.29) is 11.6 Å². The third-order valence-electron chi connectivity index (χ3n) is 3.86. The zero-order valence-electron chi connectivity index (χ0n) is 13.0. The van der Waals surface area contributed by atoms with E-state index in [1.165, 1.54) is 11.1 Å². The standard InChI is InChI=1S/C18H21ClN2O/c1-18(2)12-22-17(21-18)16-14(6-4-10-20-16)9-8-13-5-3-7-15(19)11-13/h3-7,10-11,16,20H,8-9,12H2,1-2H3. The van der Waals surface area contributed by atoms with Gasteiger partial charge in [0.25, 0.3) is 0 Å². The molecule has 3 nitrogen and oxygen atoms in total. The van der Waals surface area contributed by atoms with Crippen LogP contribution in [0.5, 0.6) is 0 Å². The molecule has 0 saturated heterocycles. The maximum Gasteiger partial charge on any atom is 0.211 e.